The Kier molecular flexibility index (Phi) is 5.51. The second-order valence-corrected chi connectivity index (χ2v) is 6.77. The highest BCUT2D eigenvalue weighted by Gasteiger charge is 2.17. The molecule has 0 saturated carbocycles. The van der Waals surface area contributed by atoms with Gasteiger partial charge in [-0.15, -0.1) is 0 Å². The van der Waals surface area contributed by atoms with Crippen LogP contribution in [0.5, 0.6) is 11.5 Å². The van der Waals surface area contributed by atoms with E-state index in [4.69, 9.17) is 32.7 Å². The molecular formula is C15H13Cl2NO4S. The third kappa shape index (κ3) is 3.77. The van der Waals surface area contributed by atoms with Gasteiger partial charge in [0.1, 0.15) is 10.8 Å². The summed E-state index contributed by atoms with van der Waals surface area (Å²) in [6.45, 7) is 0. The largest absolute Gasteiger partial charge is 0.494 e. The Balaban J connectivity index is 2.48. The van der Waals surface area contributed by atoms with E-state index in [2.05, 4.69) is 4.40 Å². The van der Waals surface area contributed by atoms with Crippen LogP contribution < -0.4 is 9.47 Å². The second kappa shape index (κ2) is 7.21. The van der Waals surface area contributed by atoms with E-state index in [9.17, 15) is 8.42 Å². The van der Waals surface area contributed by atoms with Gasteiger partial charge in [-0.3, -0.25) is 0 Å². The van der Waals surface area contributed by atoms with Crippen LogP contribution >= 0.6 is 23.2 Å². The van der Waals surface area contributed by atoms with E-state index in [1.54, 1.807) is 18.2 Å². The van der Waals surface area contributed by atoms with Crippen molar-refractivity contribution in [3.63, 3.8) is 0 Å². The van der Waals surface area contributed by atoms with Crippen LogP contribution in [-0.2, 0) is 10.0 Å². The van der Waals surface area contributed by atoms with Crippen molar-refractivity contribution in [1.82, 2.24) is 0 Å². The molecule has 0 aliphatic carbocycles. The van der Waals surface area contributed by atoms with Crippen LogP contribution in [0.2, 0.25) is 10.0 Å². The first-order valence-electron chi connectivity index (χ1n) is 6.36. The van der Waals surface area contributed by atoms with Crippen molar-refractivity contribution in [2.45, 2.75) is 4.90 Å². The summed E-state index contributed by atoms with van der Waals surface area (Å²) < 4.78 is 38.3. The van der Waals surface area contributed by atoms with Crippen molar-refractivity contribution in [3.8, 4) is 11.5 Å². The van der Waals surface area contributed by atoms with Crippen molar-refractivity contribution < 1.29 is 17.9 Å². The van der Waals surface area contributed by atoms with Gasteiger partial charge in [0, 0.05) is 5.56 Å². The molecule has 2 aromatic carbocycles. The second-order valence-electron chi connectivity index (χ2n) is 4.35. The quantitative estimate of drug-likeness (QED) is 0.747. The van der Waals surface area contributed by atoms with Gasteiger partial charge in [0.2, 0.25) is 0 Å². The highest BCUT2D eigenvalue weighted by Crippen LogP contribution is 2.41. The summed E-state index contributed by atoms with van der Waals surface area (Å²) in [5.41, 5.74) is 0.322. The Morgan fingerprint density at radius 1 is 1.04 bits per heavy atom. The lowest BCUT2D eigenvalue weighted by atomic mass is 10.2. The van der Waals surface area contributed by atoms with Gasteiger partial charge < -0.3 is 9.47 Å². The molecule has 0 amide bonds. The SMILES string of the molecule is COc1c(Cl)cc(/C=N\S(=O)(=O)c2ccccc2)c(OC)c1Cl. The average Bonchev–Trinajstić information content (AvgIpc) is 2.54. The standard InChI is InChI=1S/C15H13Cl2NO4S/c1-21-14-10(8-12(16)15(22-2)13(14)17)9-18-23(19,20)11-6-4-3-5-7-11/h3-9H,1-2H3/b18-9-. The number of benzene rings is 2. The molecule has 0 radical (unpaired) electrons. The number of ether oxygens (including phenoxy) is 2. The van der Waals surface area contributed by atoms with E-state index in [0.29, 0.717) is 5.56 Å². The van der Waals surface area contributed by atoms with Crippen molar-refractivity contribution in [3.05, 3.63) is 52.0 Å². The molecule has 2 rings (SSSR count). The molecule has 0 saturated heterocycles. The molecule has 0 bridgehead atoms. The maximum atomic E-state index is 12.2. The molecule has 8 heteroatoms. The number of methoxy groups -OCH3 is 2. The maximum Gasteiger partial charge on any atom is 0.282 e. The maximum absolute atomic E-state index is 12.2. The Hall–Kier alpha value is -1.76. The van der Waals surface area contributed by atoms with Crippen LogP contribution in [0.3, 0.4) is 0 Å². The highest BCUT2D eigenvalue weighted by atomic mass is 35.5. The molecular weight excluding hydrogens is 361 g/mol. The molecule has 0 unspecified atom stereocenters. The number of rotatable bonds is 5. The first-order valence-corrected chi connectivity index (χ1v) is 8.55. The van der Waals surface area contributed by atoms with Crippen molar-refractivity contribution in [1.29, 1.82) is 0 Å². The third-order valence-electron chi connectivity index (χ3n) is 2.94. The van der Waals surface area contributed by atoms with E-state index in [-0.39, 0.29) is 26.4 Å². The van der Waals surface area contributed by atoms with Gasteiger partial charge in [-0.05, 0) is 18.2 Å². The monoisotopic (exact) mass is 373 g/mol. The van der Waals surface area contributed by atoms with E-state index < -0.39 is 10.0 Å². The zero-order chi connectivity index (χ0) is 17.0. The molecule has 23 heavy (non-hydrogen) atoms. The summed E-state index contributed by atoms with van der Waals surface area (Å²) in [6.07, 6.45) is 1.14. The number of hydrogen-bond donors (Lipinski definition) is 0. The summed E-state index contributed by atoms with van der Waals surface area (Å²) in [5, 5.41) is 0.359. The highest BCUT2D eigenvalue weighted by molar-refractivity contribution is 7.90. The van der Waals surface area contributed by atoms with Gasteiger partial charge >= 0.3 is 0 Å². The van der Waals surface area contributed by atoms with Gasteiger partial charge in [0.15, 0.2) is 5.75 Å². The molecule has 0 fully saturated rings. The fraction of sp³-hybridized carbons (Fsp3) is 0.133. The smallest absolute Gasteiger partial charge is 0.282 e. The average molecular weight is 374 g/mol. The molecule has 0 N–H and O–H groups in total. The summed E-state index contributed by atoms with van der Waals surface area (Å²) in [6, 6.07) is 9.33. The fourth-order valence-corrected chi connectivity index (χ4v) is 3.45. The Morgan fingerprint density at radius 3 is 2.22 bits per heavy atom. The zero-order valence-electron chi connectivity index (χ0n) is 12.3. The van der Waals surface area contributed by atoms with Crippen molar-refractivity contribution in [2.75, 3.05) is 14.2 Å². The third-order valence-corrected chi connectivity index (χ3v) is 4.81. The van der Waals surface area contributed by atoms with Gasteiger partial charge in [-0.1, -0.05) is 41.4 Å². The van der Waals surface area contributed by atoms with Crippen LogP contribution in [0.15, 0.2) is 45.7 Å². The molecule has 2 aromatic rings. The lowest BCUT2D eigenvalue weighted by Gasteiger charge is -2.12. The Labute approximate surface area is 144 Å². The molecule has 0 heterocycles. The van der Waals surface area contributed by atoms with Crippen LogP contribution in [0.1, 0.15) is 5.56 Å². The minimum atomic E-state index is -3.83. The minimum Gasteiger partial charge on any atom is -0.494 e. The van der Waals surface area contributed by atoms with E-state index >= 15 is 0 Å². The van der Waals surface area contributed by atoms with E-state index in [1.807, 2.05) is 0 Å². The molecule has 122 valence electrons. The summed E-state index contributed by atoms with van der Waals surface area (Å²) in [4.78, 5) is 0.0842. The van der Waals surface area contributed by atoms with E-state index in [1.165, 1.54) is 32.4 Å². The summed E-state index contributed by atoms with van der Waals surface area (Å²) in [5.74, 6) is 0.466. The van der Waals surface area contributed by atoms with Crippen molar-refractivity contribution in [2.24, 2.45) is 4.40 Å². The molecule has 0 aliphatic heterocycles. The molecule has 0 aromatic heterocycles. The van der Waals surface area contributed by atoms with Crippen LogP contribution in [0.25, 0.3) is 0 Å². The normalized spacial score (nSPS) is 11.7. The number of halogens is 2. The topological polar surface area (TPSA) is 65.0 Å². The molecule has 0 spiro atoms. The predicted octanol–water partition coefficient (Wildman–Crippen LogP) is 3.82. The lowest BCUT2D eigenvalue weighted by molar-refractivity contribution is 0.394. The molecule has 0 atom stereocenters. The fourth-order valence-electron chi connectivity index (χ4n) is 1.87. The van der Waals surface area contributed by atoms with E-state index in [0.717, 1.165) is 6.21 Å². The van der Waals surface area contributed by atoms with Gasteiger partial charge in [0.05, 0.1) is 30.4 Å². The lowest BCUT2D eigenvalue weighted by Crippen LogP contribution is -2.00. The summed E-state index contributed by atoms with van der Waals surface area (Å²) >= 11 is 12.2. The Morgan fingerprint density at radius 2 is 1.65 bits per heavy atom. The summed E-state index contributed by atoms with van der Waals surface area (Å²) in [7, 11) is -1.01. The van der Waals surface area contributed by atoms with Crippen LogP contribution in [-0.4, -0.2) is 28.9 Å². The number of sulfonamides is 1. The Bertz CT molecular complexity index is 836. The predicted molar refractivity (Wildman–Crippen MR) is 90.8 cm³/mol. The first-order chi connectivity index (χ1) is 10.9. The number of nitrogens with zero attached hydrogens (tertiary/aromatic N) is 1. The van der Waals surface area contributed by atoms with Crippen LogP contribution in [0, 0.1) is 0 Å². The van der Waals surface area contributed by atoms with Gasteiger partial charge in [-0.25, -0.2) is 0 Å². The van der Waals surface area contributed by atoms with Gasteiger partial charge in [-0.2, -0.15) is 12.8 Å². The molecule has 0 aliphatic rings. The zero-order valence-corrected chi connectivity index (χ0v) is 14.6. The van der Waals surface area contributed by atoms with Crippen molar-refractivity contribution >= 4 is 39.4 Å². The minimum absolute atomic E-state index is 0.0842. The van der Waals surface area contributed by atoms with Crippen LogP contribution in [0.4, 0.5) is 0 Å². The molecule has 5 nitrogen and oxygen atoms in total. The van der Waals surface area contributed by atoms with Gasteiger partial charge in [0.25, 0.3) is 10.0 Å². The number of hydrogen-bond acceptors (Lipinski definition) is 4. The first kappa shape index (κ1) is 17.6.